The van der Waals surface area contributed by atoms with Gasteiger partial charge in [0.25, 0.3) is 0 Å². The van der Waals surface area contributed by atoms with Crippen LogP contribution >= 0.6 is 0 Å². The third-order valence-corrected chi connectivity index (χ3v) is 5.68. The van der Waals surface area contributed by atoms with Crippen molar-refractivity contribution >= 4 is 10.9 Å². The summed E-state index contributed by atoms with van der Waals surface area (Å²) in [6.45, 7) is 10.4. The van der Waals surface area contributed by atoms with E-state index in [4.69, 9.17) is 0 Å². The van der Waals surface area contributed by atoms with Gasteiger partial charge in [-0.15, -0.1) is 0 Å². The summed E-state index contributed by atoms with van der Waals surface area (Å²) in [6, 6.07) is 8.02. The number of fused-ring (bicyclic) bond motifs is 1. The summed E-state index contributed by atoms with van der Waals surface area (Å²) in [5, 5.41) is 4.53. The highest BCUT2D eigenvalue weighted by atomic mass is 19.1. The second-order valence-corrected chi connectivity index (χ2v) is 8.15. The zero-order valence-electron chi connectivity index (χ0n) is 16.6. The highest BCUT2D eigenvalue weighted by Gasteiger charge is 2.23. The first-order chi connectivity index (χ1) is 12.9. The van der Waals surface area contributed by atoms with Crippen molar-refractivity contribution in [1.82, 2.24) is 15.3 Å². The zero-order chi connectivity index (χ0) is 19.1. The molecular formula is C23H28FN3. The topological polar surface area (TPSA) is 40.7 Å². The number of aromatic amines is 1. The highest BCUT2D eigenvalue weighted by molar-refractivity contribution is 5.92. The summed E-state index contributed by atoms with van der Waals surface area (Å²) < 4.78 is 14.9. The molecule has 4 heteroatoms. The molecule has 1 saturated heterocycles. The van der Waals surface area contributed by atoms with Gasteiger partial charge in [-0.1, -0.05) is 13.8 Å². The van der Waals surface area contributed by atoms with Gasteiger partial charge in [-0.05, 0) is 87.0 Å². The van der Waals surface area contributed by atoms with Gasteiger partial charge in [0.1, 0.15) is 5.82 Å². The van der Waals surface area contributed by atoms with E-state index in [1.807, 2.05) is 13.8 Å². The van der Waals surface area contributed by atoms with Gasteiger partial charge >= 0.3 is 0 Å². The third kappa shape index (κ3) is 3.39. The number of nitrogens with one attached hydrogen (secondary N) is 2. The van der Waals surface area contributed by atoms with Crippen molar-refractivity contribution in [3.63, 3.8) is 0 Å². The van der Waals surface area contributed by atoms with Crippen molar-refractivity contribution in [3.8, 4) is 11.3 Å². The lowest BCUT2D eigenvalue weighted by molar-refractivity contribution is 0.445. The van der Waals surface area contributed by atoms with Crippen LogP contribution in [0.4, 0.5) is 4.39 Å². The molecule has 0 aliphatic carbocycles. The standard InChI is InChI=1S/C23H28FN3/c1-13(2)22-19-11-18(16-5-7-25-8-6-16)20(24)12-21(19)27-23(22)17-9-14(3)26-15(4)10-17/h9-13,16,25,27H,5-8H2,1-4H3. The van der Waals surface area contributed by atoms with Gasteiger partial charge in [0.05, 0.1) is 5.69 Å². The van der Waals surface area contributed by atoms with Gasteiger partial charge < -0.3 is 10.3 Å². The van der Waals surface area contributed by atoms with E-state index in [-0.39, 0.29) is 5.82 Å². The number of piperidine rings is 1. The molecule has 3 aromatic rings. The van der Waals surface area contributed by atoms with Gasteiger partial charge in [0.2, 0.25) is 0 Å². The summed E-state index contributed by atoms with van der Waals surface area (Å²) in [5.74, 6) is 0.563. The molecule has 27 heavy (non-hydrogen) atoms. The summed E-state index contributed by atoms with van der Waals surface area (Å²) in [5.41, 5.74) is 7.25. The minimum absolute atomic E-state index is 0.0837. The van der Waals surface area contributed by atoms with Crippen molar-refractivity contribution in [2.45, 2.75) is 52.4 Å². The van der Waals surface area contributed by atoms with E-state index in [2.05, 4.69) is 47.3 Å². The van der Waals surface area contributed by atoms with Crippen molar-refractivity contribution in [2.24, 2.45) is 0 Å². The van der Waals surface area contributed by atoms with Crippen LogP contribution in [-0.2, 0) is 0 Å². The summed E-state index contributed by atoms with van der Waals surface area (Å²) >= 11 is 0. The minimum atomic E-state index is -0.0837. The lowest BCUT2D eigenvalue weighted by Gasteiger charge is -2.23. The van der Waals surface area contributed by atoms with Crippen LogP contribution < -0.4 is 5.32 Å². The number of H-pyrrole nitrogens is 1. The maximum absolute atomic E-state index is 14.9. The van der Waals surface area contributed by atoms with Crippen LogP contribution in [0.3, 0.4) is 0 Å². The van der Waals surface area contributed by atoms with Gasteiger partial charge in [0.15, 0.2) is 0 Å². The zero-order valence-corrected chi connectivity index (χ0v) is 16.6. The number of nitrogens with zero attached hydrogens (tertiary/aromatic N) is 1. The van der Waals surface area contributed by atoms with Crippen LogP contribution in [0, 0.1) is 19.7 Å². The Bertz CT molecular complexity index is 961. The molecule has 0 spiro atoms. The summed E-state index contributed by atoms with van der Waals surface area (Å²) in [7, 11) is 0. The number of hydrogen-bond donors (Lipinski definition) is 2. The van der Waals surface area contributed by atoms with E-state index in [1.165, 1.54) is 5.56 Å². The van der Waals surface area contributed by atoms with Gasteiger partial charge in [-0.25, -0.2) is 4.39 Å². The predicted octanol–water partition coefficient (Wildman–Crippen LogP) is 5.58. The molecule has 3 nitrogen and oxygen atoms in total. The van der Waals surface area contributed by atoms with E-state index >= 15 is 0 Å². The fourth-order valence-corrected chi connectivity index (χ4v) is 4.50. The van der Waals surface area contributed by atoms with E-state index in [9.17, 15) is 4.39 Å². The molecule has 0 radical (unpaired) electrons. The molecule has 1 aliphatic heterocycles. The first-order valence-electron chi connectivity index (χ1n) is 9.95. The summed E-state index contributed by atoms with van der Waals surface area (Å²) in [6.07, 6.45) is 2.00. The number of aromatic nitrogens is 2. The van der Waals surface area contributed by atoms with Crippen LogP contribution in [0.25, 0.3) is 22.2 Å². The quantitative estimate of drug-likeness (QED) is 0.636. The Balaban J connectivity index is 1.91. The van der Waals surface area contributed by atoms with Crippen LogP contribution in [0.1, 0.15) is 61.0 Å². The Morgan fingerprint density at radius 1 is 1.04 bits per heavy atom. The highest BCUT2D eigenvalue weighted by Crippen LogP contribution is 2.39. The maximum atomic E-state index is 14.9. The number of hydrogen-bond acceptors (Lipinski definition) is 2. The van der Waals surface area contributed by atoms with Gasteiger partial charge in [-0.2, -0.15) is 0 Å². The Morgan fingerprint density at radius 3 is 2.33 bits per heavy atom. The fourth-order valence-electron chi connectivity index (χ4n) is 4.50. The van der Waals surface area contributed by atoms with Crippen LogP contribution in [0.5, 0.6) is 0 Å². The average Bonchev–Trinajstić information content (AvgIpc) is 2.99. The van der Waals surface area contributed by atoms with Crippen LogP contribution in [0.15, 0.2) is 24.3 Å². The van der Waals surface area contributed by atoms with Gasteiger partial charge in [-0.3, -0.25) is 4.98 Å². The smallest absolute Gasteiger partial charge is 0.128 e. The number of rotatable bonds is 3. The number of benzene rings is 1. The largest absolute Gasteiger partial charge is 0.354 e. The van der Waals surface area contributed by atoms with Crippen molar-refractivity contribution in [1.29, 1.82) is 0 Å². The van der Waals surface area contributed by atoms with E-state index < -0.39 is 0 Å². The molecule has 3 heterocycles. The maximum Gasteiger partial charge on any atom is 0.128 e. The lowest BCUT2D eigenvalue weighted by Crippen LogP contribution is -2.27. The number of aryl methyl sites for hydroxylation is 2. The normalized spacial score (nSPS) is 15.8. The molecule has 0 bridgehead atoms. The third-order valence-electron chi connectivity index (χ3n) is 5.68. The Kier molecular flexibility index (Phi) is 4.77. The molecule has 142 valence electrons. The molecule has 1 aromatic carbocycles. The Labute approximate surface area is 160 Å². The average molecular weight is 365 g/mol. The minimum Gasteiger partial charge on any atom is -0.354 e. The van der Waals surface area contributed by atoms with Crippen LogP contribution in [-0.4, -0.2) is 23.1 Å². The molecular weight excluding hydrogens is 337 g/mol. The molecule has 0 amide bonds. The molecule has 4 rings (SSSR count). The summed E-state index contributed by atoms with van der Waals surface area (Å²) in [4.78, 5) is 8.00. The fraction of sp³-hybridized carbons (Fsp3) is 0.435. The molecule has 2 aromatic heterocycles. The molecule has 0 atom stereocenters. The van der Waals surface area contributed by atoms with E-state index in [0.717, 1.165) is 65.0 Å². The molecule has 1 aliphatic rings. The number of halogens is 1. The first kappa shape index (κ1) is 18.2. The Hall–Kier alpha value is -2.20. The van der Waals surface area contributed by atoms with Crippen molar-refractivity contribution in [2.75, 3.05) is 13.1 Å². The molecule has 1 fully saturated rings. The van der Waals surface area contributed by atoms with Crippen molar-refractivity contribution in [3.05, 3.63) is 52.6 Å². The second-order valence-electron chi connectivity index (χ2n) is 8.15. The van der Waals surface area contributed by atoms with E-state index in [0.29, 0.717) is 11.8 Å². The van der Waals surface area contributed by atoms with Crippen LogP contribution in [0.2, 0.25) is 0 Å². The lowest BCUT2D eigenvalue weighted by atomic mass is 9.87. The molecule has 0 saturated carbocycles. The van der Waals surface area contributed by atoms with Crippen molar-refractivity contribution < 1.29 is 4.39 Å². The number of pyridine rings is 1. The second kappa shape index (κ2) is 7.08. The predicted molar refractivity (Wildman–Crippen MR) is 110 cm³/mol. The SMILES string of the molecule is Cc1cc(-c2[nH]c3cc(F)c(C4CCNCC4)cc3c2C(C)C)cc(C)n1. The van der Waals surface area contributed by atoms with E-state index in [1.54, 1.807) is 6.07 Å². The van der Waals surface area contributed by atoms with Gasteiger partial charge in [0, 0.05) is 27.9 Å². The monoisotopic (exact) mass is 365 g/mol. The first-order valence-corrected chi connectivity index (χ1v) is 9.95. The molecule has 0 unspecified atom stereocenters. The Morgan fingerprint density at radius 2 is 1.70 bits per heavy atom. The molecule has 2 N–H and O–H groups in total.